The summed E-state index contributed by atoms with van der Waals surface area (Å²) in [7, 11) is 0. The highest BCUT2D eigenvalue weighted by atomic mass is 32.1. The molecule has 6 rings (SSSR count). The number of anilines is 1. The second-order valence-electron chi connectivity index (χ2n) is 8.27. The van der Waals surface area contributed by atoms with Crippen molar-refractivity contribution >= 4 is 38.2 Å². The van der Waals surface area contributed by atoms with Crippen LogP contribution < -0.4 is 5.73 Å². The number of aliphatic hydroxyl groups is 1. The van der Waals surface area contributed by atoms with Crippen LogP contribution in [0.1, 0.15) is 31.7 Å². The molecule has 1 saturated carbocycles. The number of fused-ring (bicyclic) bond motifs is 2. The zero-order chi connectivity index (χ0) is 21.8. The van der Waals surface area contributed by atoms with Crippen molar-refractivity contribution in [2.75, 3.05) is 5.73 Å². The van der Waals surface area contributed by atoms with E-state index in [1.54, 1.807) is 18.5 Å². The number of nitrogen functional groups attached to an aromatic ring is 1. The lowest BCUT2D eigenvalue weighted by Crippen LogP contribution is -2.21. The number of hydrogen-bond acceptors (Lipinski definition) is 8. The summed E-state index contributed by atoms with van der Waals surface area (Å²) in [6.45, 7) is 0. The number of aromatic nitrogens is 4. The quantitative estimate of drug-likeness (QED) is 0.365. The first-order valence-electron chi connectivity index (χ1n) is 10.5. The topological polar surface area (TPSA) is 123 Å². The van der Waals surface area contributed by atoms with Crippen molar-refractivity contribution in [1.29, 1.82) is 0 Å². The number of rotatable bonds is 3. The fraction of sp³-hybridized carbons (Fsp3) is 0.261. The minimum atomic E-state index is -0.197. The van der Waals surface area contributed by atoms with Crippen molar-refractivity contribution in [2.24, 2.45) is 0 Å². The number of aromatic hydroxyl groups is 1. The molecule has 0 aromatic carbocycles. The third kappa shape index (κ3) is 3.12. The van der Waals surface area contributed by atoms with Gasteiger partial charge in [-0.15, -0.1) is 11.3 Å². The molecular formula is C23H21N5O3S. The van der Waals surface area contributed by atoms with Crippen LogP contribution >= 0.6 is 11.3 Å². The fourth-order valence-corrected chi connectivity index (χ4v) is 5.42. The highest BCUT2D eigenvalue weighted by Crippen LogP contribution is 2.41. The van der Waals surface area contributed by atoms with E-state index in [0.717, 1.165) is 57.8 Å². The maximum absolute atomic E-state index is 9.83. The van der Waals surface area contributed by atoms with Crippen molar-refractivity contribution in [3.05, 3.63) is 42.3 Å². The summed E-state index contributed by atoms with van der Waals surface area (Å²) in [6.07, 6.45) is 10.5. The predicted molar refractivity (Wildman–Crippen MR) is 123 cm³/mol. The van der Waals surface area contributed by atoms with E-state index in [-0.39, 0.29) is 12.0 Å². The average molecular weight is 448 g/mol. The third-order valence-electron chi connectivity index (χ3n) is 6.25. The molecule has 4 N–H and O–H groups in total. The molecule has 32 heavy (non-hydrogen) atoms. The molecule has 8 nitrogen and oxygen atoms in total. The second-order valence-corrected chi connectivity index (χ2v) is 9.18. The van der Waals surface area contributed by atoms with E-state index >= 15 is 0 Å². The molecule has 1 fully saturated rings. The van der Waals surface area contributed by atoms with Gasteiger partial charge >= 0.3 is 0 Å². The first-order chi connectivity index (χ1) is 15.6. The Morgan fingerprint density at radius 1 is 1.03 bits per heavy atom. The molecule has 0 aliphatic heterocycles. The lowest BCUT2D eigenvalue weighted by atomic mass is 9.93. The van der Waals surface area contributed by atoms with E-state index in [9.17, 15) is 10.2 Å². The predicted octanol–water partition coefficient (Wildman–Crippen LogP) is 4.73. The summed E-state index contributed by atoms with van der Waals surface area (Å²) in [5.41, 5.74) is 9.39. The molecule has 1 aliphatic rings. The molecule has 0 saturated heterocycles. The maximum atomic E-state index is 9.83. The SMILES string of the molecule is Nc1ncc(-c2cnn(C3CCC(O)CC3)c2)c2cc(-c3csc4cnc(O)cc34)oc12. The monoisotopic (exact) mass is 447 g/mol. The Labute approximate surface area is 187 Å². The number of thiophene rings is 1. The summed E-state index contributed by atoms with van der Waals surface area (Å²) in [6, 6.07) is 3.90. The number of aliphatic hydroxyl groups excluding tert-OH is 1. The molecule has 5 aromatic heterocycles. The van der Waals surface area contributed by atoms with E-state index in [4.69, 9.17) is 10.2 Å². The van der Waals surface area contributed by atoms with Crippen molar-refractivity contribution in [3.8, 4) is 28.3 Å². The molecular weight excluding hydrogens is 426 g/mol. The Balaban J connectivity index is 1.43. The van der Waals surface area contributed by atoms with E-state index in [1.165, 1.54) is 11.3 Å². The van der Waals surface area contributed by atoms with Crippen molar-refractivity contribution in [3.63, 3.8) is 0 Å². The van der Waals surface area contributed by atoms with Gasteiger partial charge in [-0.05, 0) is 31.7 Å². The standard InChI is InChI=1S/C23H21N5O3S/c24-23-22-16(5-19(31-22)18-11-32-20-9-25-21(30)6-15(18)20)17(8-26-23)12-7-27-28(10-12)13-1-3-14(29)4-2-13/h5-11,13-14,29H,1-4H2,(H2,24,26)(H,25,30). The fourth-order valence-electron chi connectivity index (χ4n) is 4.52. The van der Waals surface area contributed by atoms with Gasteiger partial charge in [-0.2, -0.15) is 5.10 Å². The molecule has 0 spiro atoms. The molecule has 0 bridgehead atoms. The Bertz CT molecular complexity index is 1440. The molecule has 0 radical (unpaired) electrons. The number of nitrogens with two attached hydrogens (primary N) is 1. The van der Waals surface area contributed by atoms with Gasteiger partial charge in [0.05, 0.1) is 23.0 Å². The van der Waals surface area contributed by atoms with Gasteiger partial charge in [-0.1, -0.05) is 0 Å². The lowest BCUT2D eigenvalue weighted by Gasteiger charge is -2.25. The van der Waals surface area contributed by atoms with Crippen LogP contribution in [0.5, 0.6) is 5.88 Å². The molecule has 5 heterocycles. The van der Waals surface area contributed by atoms with Crippen LogP contribution in [0.25, 0.3) is 43.5 Å². The number of furan rings is 1. The van der Waals surface area contributed by atoms with Gasteiger partial charge in [0, 0.05) is 57.5 Å². The summed E-state index contributed by atoms with van der Waals surface area (Å²) in [5.74, 6) is 0.956. The molecule has 1 aliphatic carbocycles. The van der Waals surface area contributed by atoms with E-state index < -0.39 is 0 Å². The Morgan fingerprint density at radius 2 is 1.88 bits per heavy atom. The molecule has 162 valence electrons. The van der Waals surface area contributed by atoms with Gasteiger partial charge < -0.3 is 20.4 Å². The first kappa shape index (κ1) is 19.3. The number of hydrogen-bond donors (Lipinski definition) is 3. The summed E-state index contributed by atoms with van der Waals surface area (Å²) in [5, 5.41) is 27.9. The van der Waals surface area contributed by atoms with Crippen LogP contribution in [-0.2, 0) is 0 Å². The third-order valence-corrected chi connectivity index (χ3v) is 7.19. The van der Waals surface area contributed by atoms with Gasteiger partial charge in [-0.3, -0.25) is 4.68 Å². The summed E-state index contributed by atoms with van der Waals surface area (Å²) < 4.78 is 9.10. The van der Waals surface area contributed by atoms with Crippen molar-refractivity contribution < 1.29 is 14.6 Å². The minimum absolute atomic E-state index is 0.0298. The zero-order valence-corrected chi connectivity index (χ0v) is 17.9. The smallest absolute Gasteiger partial charge is 0.211 e. The van der Waals surface area contributed by atoms with E-state index in [2.05, 4.69) is 15.1 Å². The van der Waals surface area contributed by atoms with Crippen LogP contribution in [0.2, 0.25) is 0 Å². The molecule has 5 aromatic rings. The van der Waals surface area contributed by atoms with Gasteiger partial charge in [0.2, 0.25) is 5.88 Å². The van der Waals surface area contributed by atoms with Crippen LogP contribution in [0.3, 0.4) is 0 Å². The van der Waals surface area contributed by atoms with Crippen molar-refractivity contribution in [1.82, 2.24) is 19.7 Å². The number of nitrogens with zero attached hydrogens (tertiary/aromatic N) is 4. The summed E-state index contributed by atoms with van der Waals surface area (Å²) in [4.78, 5) is 8.31. The maximum Gasteiger partial charge on any atom is 0.211 e. The Kier molecular flexibility index (Phi) is 4.41. The Morgan fingerprint density at radius 3 is 2.72 bits per heavy atom. The van der Waals surface area contributed by atoms with E-state index in [0.29, 0.717) is 23.2 Å². The molecule has 0 atom stereocenters. The summed E-state index contributed by atoms with van der Waals surface area (Å²) >= 11 is 1.54. The molecule has 0 amide bonds. The number of pyridine rings is 2. The van der Waals surface area contributed by atoms with Crippen LogP contribution in [0.15, 0.2) is 46.7 Å². The van der Waals surface area contributed by atoms with Gasteiger partial charge in [0.25, 0.3) is 0 Å². The highest BCUT2D eigenvalue weighted by Gasteiger charge is 2.23. The lowest BCUT2D eigenvalue weighted by molar-refractivity contribution is 0.108. The van der Waals surface area contributed by atoms with Crippen LogP contribution in [-0.4, -0.2) is 36.1 Å². The molecule has 0 unspecified atom stereocenters. The average Bonchev–Trinajstić information content (AvgIpc) is 3.52. The first-order valence-corrected chi connectivity index (χ1v) is 11.4. The second kappa shape index (κ2) is 7.32. The highest BCUT2D eigenvalue weighted by molar-refractivity contribution is 7.17. The Hall–Kier alpha value is -3.43. The van der Waals surface area contributed by atoms with Gasteiger partial charge in [0.15, 0.2) is 11.4 Å². The van der Waals surface area contributed by atoms with Crippen LogP contribution in [0, 0.1) is 0 Å². The minimum Gasteiger partial charge on any atom is -0.493 e. The van der Waals surface area contributed by atoms with Crippen LogP contribution in [0.4, 0.5) is 5.82 Å². The zero-order valence-electron chi connectivity index (χ0n) is 17.1. The largest absolute Gasteiger partial charge is 0.493 e. The molecule has 9 heteroatoms. The van der Waals surface area contributed by atoms with E-state index in [1.807, 2.05) is 28.5 Å². The normalized spacial score (nSPS) is 19.2. The van der Waals surface area contributed by atoms with Gasteiger partial charge in [0.1, 0.15) is 5.76 Å². The van der Waals surface area contributed by atoms with Gasteiger partial charge in [-0.25, -0.2) is 9.97 Å². The van der Waals surface area contributed by atoms with Crippen molar-refractivity contribution in [2.45, 2.75) is 37.8 Å².